The van der Waals surface area contributed by atoms with Crippen molar-refractivity contribution in [2.45, 2.75) is 52.4 Å². The van der Waals surface area contributed by atoms with Crippen molar-refractivity contribution in [1.82, 2.24) is 4.90 Å². The van der Waals surface area contributed by atoms with E-state index < -0.39 is 0 Å². The van der Waals surface area contributed by atoms with Gasteiger partial charge in [0.2, 0.25) is 11.8 Å². The van der Waals surface area contributed by atoms with Gasteiger partial charge in [0.25, 0.3) is 0 Å². The monoisotopic (exact) mass is 269 g/mol. The number of rotatable bonds is 3. The average Bonchev–Trinajstić information content (AvgIpc) is 2.71. The zero-order valence-corrected chi connectivity index (χ0v) is 12.3. The summed E-state index contributed by atoms with van der Waals surface area (Å²) in [5.41, 5.74) is -0.0929. The predicted octanol–water partition coefficient (Wildman–Crippen LogP) is 2.65. The summed E-state index contributed by atoms with van der Waals surface area (Å²) < 4.78 is 0. The number of piperidine rings is 1. The lowest BCUT2D eigenvalue weighted by Gasteiger charge is -2.39. The fraction of sp³-hybridized carbons (Fsp3) is 0.857. The van der Waals surface area contributed by atoms with Crippen molar-refractivity contribution in [3.63, 3.8) is 0 Å². The maximum atomic E-state index is 12.1. The normalized spacial score (nSPS) is 26.7. The second kappa shape index (κ2) is 4.87. The first-order chi connectivity index (χ1) is 8.37. The van der Waals surface area contributed by atoms with E-state index in [-0.39, 0.29) is 22.6 Å². The Morgan fingerprint density at radius 3 is 2.06 bits per heavy atom. The first kappa shape index (κ1) is 13.9. The summed E-state index contributed by atoms with van der Waals surface area (Å²) in [5, 5.41) is 0. The van der Waals surface area contributed by atoms with Gasteiger partial charge in [-0.05, 0) is 29.4 Å². The van der Waals surface area contributed by atoms with Crippen LogP contribution in [0.2, 0.25) is 0 Å². The van der Waals surface area contributed by atoms with E-state index in [0.29, 0.717) is 19.4 Å². The minimum Gasteiger partial charge on any atom is -0.282 e. The summed E-state index contributed by atoms with van der Waals surface area (Å²) in [6, 6.07) is 0. The summed E-state index contributed by atoms with van der Waals surface area (Å²) in [4.78, 5) is 25.8. The smallest absolute Gasteiger partial charge is 0.229 e. The van der Waals surface area contributed by atoms with E-state index in [4.69, 9.17) is 0 Å². The van der Waals surface area contributed by atoms with Gasteiger partial charge in [0.15, 0.2) is 0 Å². The molecule has 0 spiro atoms. The lowest BCUT2D eigenvalue weighted by Crippen LogP contribution is -2.50. The minimum atomic E-state index is -0.172. The summed E-state index contributed by atoms with van der Waals surface area (Å²) in [7, 11) is 0. The Kier molecular flexibility index (Phi) is 3.77. The van der Waals surface area contributed by atoms with Gasteiger partial charge in [-0.25, -0.2) is 0 Å². The Morgan fingerprint density at radius 1 is 1.11 bits per heavy atom. The van der Waals surface area contributed by atoms with E-state index in [0.717, 1.165) is 18.6 Å². The molecule has 1 heterocycles. The van der Waals surface area contributed by atoms with Gasteiger partial charge in [0, 0.05) is 19.4 Å². The average molecular weight is 269 g/mol. The van der Waals surface area contributed by atoms with Gasteiger partial charge in [0.05, 0.1) is 0 Å². The van der Waals surface area contributed by atoms with Crippen LogP contribution in [0.4, 0.5) is 0 Å². The highest BCUT2D eigenvalue weighted by atomic mass is 32.1. The number of hydrogen-bond donors (Lipinski definition) is 1. The molecule has 3 nitrogen and oxygen atoms in total. The largest absolute Gasteiger partial charge is 0.282 e. The first-order valence-electron chi connectivity index (χ1n) is 6.82. The molecule has 0 aromatic heterocycles. The molecule has 0 aromatic carbocycles. The Morgan fingerprint density at radius 2 is 1.61 bits per heavy atom. The maximum absolute atomic E-state index is 12.1. The van der Waals surface area contributed by atoms with Crippen molar-refractivity contribution in [2.24, 2.45) is 10.8 Å². The van der Waals surface area contributed by atoms with E-state index in [1.54, 1.807) is 0 Å². The van der Waals surface area contributed by atoms with E-state index in [1.165, 1.54) is 17.7 Å². The predicted molar refractivity (Wildman–Crippen MR) is 74.5 cm³/mol. The zero-order chi connectivity index (χ0) is 13.4. The molecule has 1 aliphatic carbocycles. The van der Waals surface area contributed by atoms with E-state index in [1.807, 2.05) is 13.8 Å². The third-order valence-corrected chi connectivity index (χ3v) is 5.03. The Balaban J connectivity index is 2.09. The number of likely N-dealkylation sites (tertiary alicyclic amines) is 1. The van der Waals surface area contributed by atoms with Crippen LogP contribution in [0.25, 0.3) is 0 Å². The quantitative estimate of drug-likeness (QED) is 0.632. The molecule has 0 unspecified atom stereocenters. The number of carbonyl (C=O) groups excluding carboxylic acids is 2. The first-order valence-corrected chi connectivity index (χ1v) is 7.45. The van der Waals surface area contributed by atoms with Crippen molar-refractivity contribution in [3.05, 3.63) is 0 Å². The summed E-state index contributed by atoms with van der Waals surface area (Å²) in [5.74, 6) is 0.779. The second-order valence-corrected chi connectivity index (χ2v) is 7.07. The molecule has 0 N–H and O–H groups in total. The Labute approximate surface area is 115 Å². The highest BCUT2D eigenvalue weighted by Crippen LogP contribution is 2.41. The van der Waals surface area contributed by atoms with Crippen molar-refractivity contribution in [2.75, 3.05) is 12.3 Å². The topological polar surface area (TPSA) is 37.4 Å². The molecule has 2 aliphatic rings. The molecule has 1 aliphatic heterocycles. The number of amides is 2. The van der Waals surface area contributed by atoms with Crippen LogP contribution < -0.4 is 0 Å². The van der Waals surface area contributed by atoms with Crippen LogP contribution in [0.5, 0.6) is 0 Å². The van der Waals surface area contributed by atoms with Crippen LogP contribution in [0.1, 0.15) is 52.4 Å². The molecule has 102 valence electrons. The molecule has 0 bridgehead atoms. The molecule has 2 rings (SSSR count). The van der Waals surface area contributed by atoms with E-state index in [9.17, 15) is 9.59 Å². The molecule has 1 saturated heterocycles. The highest BCUT2D eigenvalue weighted by Gasteiger charge is 2.42. The second-order valence-electron chi connectivity index (χ2n) is 6.76. The van der Waals surface area contributed by atoms with Crippen LogP contribution in [0.15, 0.2) is 0 Å². The van der Waals surface area contributed by atoms with Crippen LogP contribution in [0, 0.1) is 10.8 Å². The number of imide groups is 1. The van der Waals surface area contributed by atoms with Gasteiger partial charge in [-0.2, -0.15) is 12.6 Å². The molecule has 1 saturated carbocycles. The van der Waals surface area contributed by atoms with Crippen LogP contribution >= 0.6 is 12.6 Å². The molecule has 2 amide bonds. The van der Waals surface area contributed by atoms with Gasteiger partial charge in [0.1, 0.15) is 0 Å². The summed E-state index contributed by atoms with van der Waals surface area (Å²) >= 11 is 4.45. The van der Waals surface area contributed by atoms with E-state index in [2.05, 4.69) is 12.6 Å². The van der Waals surface area contributed by atoms with Crippen molar-refractivity contribution >= 4 is 24.4 Å². The number of carbonyl (C=O) groups is 2. The van der Waals surface area contributed by atoms with Crippen LogP contribution in [-0.4, -0.2) is 29.0 Å². The van der Waals surface area contributed by atoms with Gasteiger partial charge in [-0.3, -0.25) is 14.5 Å². The van der Waals surface area contributed by atoms with Crippen molar-refractivity contribution in [3.8, 4) is 0 Å². The fourth-order valence-corrected chi connectivity index (χ4v) is 3.63. The lowest BCUT2D eigenvalue weighted by molar-refractivity contribution is -0.154. The number of hydrogen-bond acceptors (Lipinski definition) is 3. The molecule has 4 heteroatoms. The highest BCUT2D eigenvalue weighted by molar-refractivity contribution is 7.80. The van der Waals surface area contributed by atoms with Crippen LogP contribution in [0.3, 0.4) is 0 Å². The van der Waals surface area contributed by atoms with Gasteiger partial charge in [-0.1, -0.05) is 26.7 Å². The number of nitrogens with zero attached hydrogens (tertiary/aromatic N) is 1. The lowest BCUT2D eigenvalue weighted by atomic mass is 9.80. The third kappa shape index (κ3) is 2.73. The third-order valence-electron chi connectivity index (χ3n) is 4.35. The Hall–Kier alpha value is -0.510. The molecule has 0 radical (unpaired) electrons. The molecular formula is C14H23NO2S. The van der Waals surface area contributed by atoms with E-state index >= 15 is 0 Å². The Bertz CT molecular complexity index is 339. The van der Waals surface area contributed by atoms with Crippen molar-refractivity contribution in [1.29, 1.82) is 0 Å². The van der Waals surface area contributed by atoms with Crippen molar-refractivity contribution < 1.29 is 9.59 Å². The fourth-order valence-electron chi connectivity index (χ4n) is 3.21. The molecule has 18 heavy (non-hydrogen) atoms. The minimum absolute atomic E-state index is 0.00399. The van der Waals surface area contributed by atoms with Gasteiger partial charge < -0.3 is 0 Å². The molecule has 0 atom stereocenters. The maximum Gasteiger partial charge on any atom is 0.229 e. The standard InChI is InChI=1S/C14H23NO2S/c1-13(2)7-11(16)15(12(17)8-13)9-14(10-18)5-3-4-6-14/h18H,3-10H2,1-2H3. The molecule has 0 aromatic rings. The van der Waals surface area contributed by atoms with Gasteiger partial charge in [-0.15, -0.1) is 0 Å². The summed E-state index contributed by atoms with van der Waals surface area (Å²) in [6.45, 7) is 4.57. The SMILES string of the molecule is CC1(C)CC(=O)N(CC2(CS)CCCC2)C(=O)C1. The number of thiol groups is 1. The zero-order valence-electron chi connectivity index (χ0n) is 11.4. The molecular weight excluding hydrogens is 246 g/mol. The van der Waals surface area contributed by atoms with Crippen LogP contribution in [-0.2, 0) is 9.59 Å². The van der Waals surface area contributed by atoms with Gasteiger partial charge >= 0.3 is 0 Å². The molecule has 2 fully saturated rings. The summed E-state index contributed by atoms with van der Waals surface area (Å²) in [6.07, 6.45) is 5.56.